The molecule has 1 saturated heterocycles. The summed E-state index contributed by atoms with van der Waals surface area (Å²) in [5.41, 5.74) is 1.87. The molecule has 1 amide bonds. The lowest BCUT2D eigenvalue weighted by Crippen LogP contribution is -2.42. The van der Waals surface area contributed by atoms with Crippen molar-refractivity contribution in [3.63, 3.8) is 0 Å². The quantitative estimate of drug-likeness (QED) is 0.761. The summed E-state index contributed by atoms with van der Waals surface area (Å²) >= 11 is 17.8. The van der Waals surface area contributed by atoms with E-state index < -0.39 is 0 Å². The topological polar surface area (TPSA) is 29.5 Å². The third kappa shape index (κ3) is 4.22. The van der Waals surface area contributed by atoms with E-state index in [4.69, 9.17) is 39.5 Å². The predicted molar refractivity (Wildman–Crippen MR) is 96.9 cm³/mol. The van der Waals surface area contributed by atoms with E-state index >= 15 is 0 Å². The van der Waals surface area contributed by atoms with Crippen molar-refractivity contribution in [1.29, 1.82) is 0 Å². The Morgan fingerprint density at radius 2 is 1.83 bits per heavy atom. The molecule has 0 radical (unpaired) electrons. The van der Waals surface area contributed by atoms with Gasteiger partial charge in [0.15, 0.2) is 0 Å². The summed E-state index contributed by atoms with van der Waals surface area (Å²) in [5.74, 6) is 0.0515. The smallest absolute Gasteiger partial charge is 0.227 e. The molecule has 2 aromatic carbocycles. The molecular weight excluding hydrogens is 369 g/mol. The van der Waals surface area contributed by atoms with Crippen molar-refractivity contribution in [1.82, 2.24) is 4.90 Å². The zero-order valence-electron chi connectivity index (χ0n) is 12.8. The van der Waals surface area contributed by atoms with Crippen LogP contribution in [0.2, 0.25) is 15.1 Å². The van der Waals surface area contributed by atoms with Gasteiger partial charge in [-0.2, -0.15) is 0 Å². The van der Waals surface area contributed by atoms with Gasteiger partial charge in [-0.05, 0) is 35.4 Å². The number of benzene rings is 2. The van der Waals surface area contributed by atoms with Crippen LogP contribution in [0.1, 0.15) is 17.2 Å². The maximum Gasteiger partial charge on any atom is 0.227 e. The molecule has 0 saturated carbocycles. The molecule has 126 valence electrons. The average Bonchev–Trinajstić information content (AvgIpc) is 2.59. The van der Waals surface area contributed by atoms with Crippen LogP contribution in [0.25, 0.3) is 0 Å². The SMILES string of the molecule is O=C(Cc1ccc(Cl)c(Cl)c1)N1CCOC(c2ccc(Cl)cc2)C1. The monoisotopic (exact) mass is 383 g/mol. The number of hydrogen-bond acceptors (Lipinski definition) is 2. The Labute approximate surface area is 156 Å². The lowest BCUT2D eigenvalue weighted by Gasteiger charge is -2.33. The van der Waals surface area contributed by atoms with Gasteiger partial charge in [0, 0.05) is 11.6 Å². The second-order valence-corrected chi connectivity index (χ2v) is 6.93. The molecule has 0 aliphatic carbocycles. The van der Waals surface area contributed by atoms with Crippen LogP contribution < -0.4 is 0 Å². The van der Waals surface area contributed by atoms with Gasteiger partial charge in [0.05, 0.1) is 29.6 Å². The minimum Gasteiger partial charge on any atom is -0.370 e. The molecule has 2 aromatic rings. The van der Waals surface area contributed by atoms with Crippen LogP contribution in [0.3, 0.4) is 0 Å². The van der Waals surface area contributed by atoms with Crippen LogP contribution in [-0.4, -0.2) is 30.5 Å². The number of amides is 1. The molecule has 24 heavy (non-hydrogen) atoms. The van der Waals surface area contributed by atoms with E-state index in [1.54, 1.807) is 12.1 Å². The number of carbonyl (C=O) groups excluding carboxylic acids is 1. The van der Waals surface area contributed by atoms with Gasteiger partial charge < -0.3 is 9.64 Å². The summed E-state index contributed by atoms with van der Waals surface area (Å²) < 4.78 is 5.79. The van der Waals surface area contributed by atoms with Crippen LogP contribution in [0.15, 0.2) is 42.5 Å². The number of morpholine rings is 1. The van der Waals surface area contributed by atoms with Gasteiger partial charge in [0.25, 0.3) is 0 Å². The second-order valence-electron chi connectivity index (χ2n) is 5.68. The standard InChI is InChI=1S/C18H16Cl3NO2/c19-14-4-2-13(3-5-14)17-11-22(7-8-24-17)18(23)10-12-1-6-15(20)16(21)9-12/h1-6,9,17H,7-8,10-11H2. The highest BCUT2D eigenvalue weighted by molar-refractivity contribution is 6.42. The van der Waals surface area contributed by atoms with Crippen molar-refractivity contribution < 1.29 is 9.53 Å². The van der Waals surface area contributed by atoms with E-state index in [0.29, 0.717) is 41.2 Å². The first kappa shape index (κ1) is 17.6. The lowest BCUT2D eigenvalue weighted by molar-refractivity contribution is -0.138. The van der Waals surface area contributed by atoms with Crippen LogP contribution in [0, 0.1) is 0 Å². The Balaban J connectivity index is 1.66. The molecule has 1 aliphatic heterocycles. The summed E-state index contributed by atoms with van der Waals surface area (Å²) in [6, 6.07) is 12.8. The first-order valence-corrected chi connectivity index (χ1v) is 8.75. The number of rotatable bonds is 3. The number of hydrogen-bond donors (Lipinski definition) is 0. The highest BCUT2D eigenvalue weighted by atomic mass is 35.5. The molecule has 1 fully saturated rings. The van der Waals surface area contributed by atoms with Crippen molar-refractivity contribution >= 4 is 40.7 Å². The molecular formula is C18H16Cl3NO2. The van der Waals surface area contributed by atoms with Crippen molar-refractivity contribution in [3.05, 3.63) is 68.7 Å². The summed E-state index contributed by atoms with van der Waals surface area (Å²) in [6.45, 7) is 1.63. The zero-order valence-corrected chi connectivity index (χ0v) is 15.1. The lowest BCUT2D eigenvalue weighted by atomic mass is 10.1. The summed E-state index contributed by atoms with van der Waals surface area (Å²) in [6.07, 6.45) is 0.165. The highest BCUT2D eigenvalue weighted by Crippen LogP contribution is 2.25. The van der Waals surface area contributed by atoms with E-state index in [-0.39, 0.29) is 12.0 Å². The third-order valence-electron chi connectivity index (χ3n) is 4.00. The largest absolute Gasteiger partial charge is 0.370 e. The molecule has 0 spiro atoms. The fraction of sp³-hybridized carbons (Fsp3) is 0.278. The normalized spacial score (nSPS) is 17.8. The molecule has 3 rings (SSSR count). The fourth-order valence-electron chi connectivity index (χ4n) is 2.69. The molecule has 1 unspecified atom stereocenters. The van der Waals surface area contributed by atoms with E-state index in [0.717, 1.165) is 11.1 Å². The molecule has 6 heteroatoms. The first-order valence-electron chi connectivity index (χ1n) is 7.61. The molecule has 1 aliphatic rings. The van der Waals surface area contributed by atoms with Crippen molar-refractivity contribution in [2.24, 2.45) is 0 Å². The molecule has 1 atom stereocenters. The van der Waals surface area contributed by atoms with Crippen LogP contribution in [0.5, 0.6) is 0 Å². The van der Waals surface area contributed by atoms with Crippen molar-refractivity contribution in [2.75, 3.05) is 19.7 Å². The predicted octanol–water partition coefficient (Wildman–Crippen LogP) is 4.79. The number of halogens is 3. The zero-order chi connectivity index (χ0) is 17.1. The second kappa shape index (κ2) is 7.75. The Kier molecular flexibility index (Phi) is 5.67. The molecule has 0 N–H and O–H groups in total. The highest BCUT2D eigenvalue weighted by Gasteiger charge is 2.25. The van der Waals surface area contributed by atoms with Crippen LogP contribution in [0.4, 0.5) is 0 Å². The Morgan fingerprint density at radius 1 is 1.08 bits per heavy atom. The minimum absolute atomic E-state index is 0.0515. The van der Waals surface area contributed by atoms with Gasteiger partial charge in [0.1, 0.15) is 6.10 Å². The summed E-state index contributed by atoms with van der Waals surface area (Å²) in [4.78, 5) is 14.4. The molecule has 0 aromatic heterocycles. The van der Waals surface area contributed by atoms with Gasteiger partial charge in [-0.25, -0.2) is 0 Å². The molecule has 3 nitrogen and oxygen atoms in total. The van der Waals surface area contributed by atoms with E-state index in [1.165, 1.54) is 0 Å². The van der Waals surface area contributed by atoms with Gasteiger partial charge in [-0.3, -0.25) is 4.79 Å². The Bertz CT molecular complexity index is 734. The maximum absolute atomic E-state index is 12.6. The maximum atomic E-state index is 12.6. The van der Waals surface area contributed by atoms with Gasteiger partial charge in [0.2, 0.25) is 5.91 Å². The Morgan fingerprint density at radius 3 is 2.54 bits per heavy atom. The van der Waals surface area contributed by atoms with Crippen molar-refractivity contribution in [2.45, 2.75) is 12.5 Å². The third-order valence-corrected chi connectivity index (χ3v) is 4.99. The summed E-state index contributed by atoms with van der Waals surface area (Å²) in [7, 11) is 0. The summed E-state index contributed by atoms with van der Waals surface area (Å²) in [5, 5.41) is 1.63. The van der Waals surface area contributed by atoms with Crippen LogP contribution >= 0.6 is 34.8 Å². The van der Waals surface area contributed by atoms with E-state index in [1.807, 2.05) is 35.2 Å². The van der Waals surface area contributed by atoms with E-state index in [2.05, 4.69) is 0 Å². The fourth-order valence-corrected chi connectivity index (χ4v) is 3.14. The average molecular weight is 385 g/mol. The van der Waals surface area contributed by atoms with Gasteiger partial charge in [-0.15, -0.1) is 0 Å². The van der Waals surface area contributed by atoms with Gasteiger partial charge in [-0.1, -0.05) is 53.0 Å². The van der Waals surface area contributed by atoms with Crippen molar-refractivity contribution in [3.8, 4) is 0 Å². The Hall–Kier alpha value is -1.26. The van der Waals surface area contributed by atoms with E-state index in [9.17, 15) is 4.79 Å². The number of ether oxygens (including phenoxy) is 1. The minimum atomic E-state index is -0.131. The number of nitrogens with zero attached hydrogens (tertiary/aromatic N) is 1. The van der Waals surface area contributed by atoms with Gasteiger partial charge >= 0.3 is 0 Å². The van der Waals surface area contributed by atoms with Crippen LogP contribution in [-0.2, 0) is 16.0 Å². The molecule has 0 bridgehead atoms. The first-order chi connectivity index (χ1) is 11.5. The molecule has 1 heterocycles. The number of carbonyl (C=O) groups is 1.